The molecule has 0 saturated carbocycles. The molecule has 0 unspecified atom stereocenters. The number of hydrogen-bond acceptors (Lipinski definition) is 6. The lowest BCUT2D eigenvalue weighted by atomic mass is 10.2. The first-order valence-corrected chi connectivity index (χ1v) is 9.80. The lowest BCUT2D eigenvalue weighted by molar-refractivity contribution is 0.0740. The number of carbonyl (C=O) groups excluding carboxylic acids is 1. The van der Waals surface area contributed by atoms with Crippen molar-refractivity contribution >= 4 is 22.5 Å². The molecule has 1 aromatic carbocycles. The zero-order valence-electron chi connectivity index (χ0n) is 16.2. The van der Waals surface area contributed by atoms with Gasteiger partial charge in [-0.05, 0) is 18.2 Å². The van der Waals surface area contributed by atoms with Gasteiger partial charge in [0.05, 0.1) is 30.0 Å². The van der Waals surface area contributed by atoms with E-state index in [2.05, 4.69) is 15.0 Å². The summed E-state index contributed by atoms with van der Waals surface area (Å²) in [6, 6.07) is 5.72. The number of anilines is 1. The minimum atomic E-state index is -0.0521. The van der Waals surface area contributed by atoms with E-state index >= 15 is 0 Å². The summed E-state index contributed by atoms with van der Waals surface area (Å²) in [5.41, 5.74) is 2.19. The summed E-state index contributed by atoms with van der Waals surface area (Å²) in [5.74, 6) is 0.558. The molecule has 29 heavy (non-hydrogen) atoms. The Kier molecular flexibility index (Phi) is 4.22. The van der Waals surface area contributed by atoms with Crippen molar-refractivity contribution in [2.75, 3.05) is 37.7 Å². The van der Waals surface area contributed by atoms with Gasteiger partial charge < -0.3 is 19.1 Å². The summed E-state index contributed by atoms with van der Waals surface area (Å²) in [4.78, 5) is 33.6. The average molecular weight is 394 g/mol. The second kappa shape index (κ2) is 6.91. The number of ether oxygens (including phenoxy) is 1. The van der Waals surface area contributed by atoms with Crippen LogP contribution in [0, 0.1) is 0 Å². The van der Waals surface area contributed by atoms with E-state index in [1.807, 2.05) is 23.1 Å². The van der Waals surface area contributed by atoms with Crippen molar-refractivity contribution in [2.45, 2.75) is 13.0 Å². The second-order valence-electron chi connectivity index (χ2n) is 7.43. The molecule has 1 saturated heterocycles. The maximum absolute atomic E-state index is 12.9. The van der Waals surface area contributed by atoms with Crippen molar-refractivity contribution < 1.29 is 9.53 Å². The first-order valence-electron chi connectivity index (χ1n) is 9.80. The van der Waals surface area contributed by atoms with Gasteiger partial charge in [0, 0.05) is 51.9 Å². The van der Waals surface area contributed by atoms with Crippen molar-refractivity contribution in [1.82, 2.24) is 24.2 Å². The molecule has 2 aliphatic rings. The summed E-state index contributed by atoms with van der Waals surface area (Å²) >= 11 is 0. The molecular formula is C20H22N6O3. The number of rotatable bonds is 2. The Bertz CT molecular complexity index is 1140. The van der Waals surface area contributed by atoms with Crippen molar-refractivity contribution in [1.29, 1.82) is 0 Å². The highest BCUT2D eigenvalue weighted by Crippen LogP contribution is 2.25. The Labute approximate surface area is 167 Å². The maximum atomic E-state index is 12.9. The summed E-state index contributed by atoms with van der Waals surface area (Å²) in [6.07, 6.45) is 4.07. The second-order valence-corrected chi connectivity index (χ2v) is 7.43. The highest BCUT2D eigenvalue weighted by molar-refractivity contribution is 5.96. The number of nitrogens with zero attached hydrogens (tertiary/aromatic N) is 6. The summed E-state index contributed by atoms with van der Waals surface area (Å²) < 4.78 is 8.91. The molecule has 2 aromatic heterocycles. The van der Waals surface area contributed by atoms with Crippen LogP contribution in [0.15, 0.2) is 35.5 Å². The van der Waals surface area contributed by atoms with E-state index in [-0.39, 0.29) is 11.5 Å². The number of fused-ring (bicyclic) bond motifs is 2. The van der Waals surface area contributed by atoms with Gasteiger partial charge in [0.15, 0.2) is 0 Å². The highest BCUT2D eigenvalue weighted by atomic mass is 16.5. The minimum Gasteiger partial charge on any atom is -0.477 e. The first kappa shape index (κ1) is 17.7. The van der Waals surface area contributed by atoms with Gasteiger partial charge in [0.1, 0.15) is 5.56 Å². The van der Waals surface area contributed by atoms with Crippen LogP contribution < -0.4 is 15.2 Å². The van der Waals surface area contributed by atoms with E-state index in [0.29, 0.717) is 55.1 Å². The fourth-order valence-electron chi connectivity index (χ4n) is 3.95. The third-order valence-corrected chi connectivity index (χ3v) is 5.61. The van der Waals surface area contributed by atoms with Crippen molar-refractivity contribution in [3.8, 4) is 5.88 Å². The van der Waals surface area contributed by atoms with Gasteiger partial charge in [0.25, 0.3) is 11.5 Å². The molecule has 0 spiro atoms. The van der Waals surface area contributed by atoms with Gasteiger partial charge in [0.2, 0.25) is 5.88 Å². The van der Waals surface area contributed by atoms with E-state index < -0.39 is 0 Å². The fraction of sp³-hybridized carbons (Fsp3) is 0.400. The van der Waals surface area contributed by atoms with Crippen LogP contribution in [0.5, 0.6) is 5.88 Å². The van der Waals surface area contributed by atoms with Crippen LogP contribution in [0.2, 0.25) is 0 Å². The molecule has 1 amide bonds. The molecule has 1 fully saturated rings. The third kappa shape index (κ3) is 3.02. The lowest BCUT2D eigenvalue weighted by Crippen LogP contribution is -2.48. The molecule has 0 atom stereocenters. The lowest BCUT2D eigenvalue weighted by Gasteiger charge is -2.36. The average Bonchev–Trinajstić information content (AvgIpc) is 3.20. The summed E-state index contributed by atoms with van der Waals surface area (Å²) in [7, 11) is 1.70. The van der Waals surface area contributed by atoms with Gasteiger partial charge >= 0.3 is 0 Å². The fourth-order valence-corrected chi connectivity index (χ4v) is 3.95. The summed E-state index contributed by atoms with van der Waals surface area (Å²) in [6.45, 7) is 4.07. The topological polar surface area (TPSA) is 85.5 Å². The van der Waals surface area contributed by atoms with Crippen molar-refractivity contribution in [3.05, 3.63) is 46.6 Å². The van der Waals surface area contributed by atoms with Crippen LogP contribution in [0.4, 0.5) is 5.69 Å². The standard InChI is InChI=1S/C20H22N6O3/c1-23-13-21-17-11-14(3-4-15(17)18(23)27)24-6-8-25(9-7-24)19(28)16-12-22-26-5-2-10-29-20(16)26/h3-4,11-13H,2,5-10H2,1H3. The first-order chi connectivity index (χ1) is 14.1. The molecule has 4 heterocycles. The number of carbonyl (C=O) groups is 1. The number of aromatic nitrogens is 4. The zero-order valence-corrected chi connectivity index (χ0v) is 16.2. The molecule has 5 rings (SSSR count). The smallest absolute Gasteiger partial charge is 0.261 e. The van der Waals surface area contributed by atoms with Crippen LogP contribution in [-0.4, -0.2) is 62.9 Å². The molecular weight excluding hydrogens is 372 g/mol. The van der Waals surface area contributed by atoms with Crippen LogP contribution in [0.3, 0.4) is 0 Å². The molecule has 0 bridgehead atoms. The normalized spacial score (nSPS) is 16.6. The minimum absolute atomic E-state index is 0.0310. The van der Waals surface area contributed by atoms with Gasteiger partial charge in [-0.3, -0.25) is 9.59 Å². The van der Waals surface area contributed by atoms with Gasteiger partial charge in [-0.1, -0.05) is 0 Å². The molecule has 9 heteroatoms. The molecule has 2 aliphatic heterocycles. The van der Waals surface area contributed by atoms with Crippen LogP contribution >= 0.6 is 0 Å². The molecule has 9 nitrogen and oxygen atoms in total. The number of amides is 1. The van der Waals surface area contributed by atoms with Gasteiger partial charge in [-0.25, -0.2) is 9.67 Å². The maximum Gasteiger partial charge on any atom is 0.261 e. The Morgan fingerprint density at radius 1 is 1.14 bits per heavy atom. The molecule has 3 aromatic rings. The van der Waals surface area contributed by atoms with Gasteiger partial charge in [-0.15, -0.1) is 0 Å². The molecule has 0 N–H and O–H groups in total. The van der Waals surface area contributed by atoms with Gasteiger partial charge in [-0.2, -0.15) is 5.10 Å². The Hall–Kier alpha value is -3.36. The van der Waals surface area contributed by atoms with Crippen molar-refractivity contribution in [2.24, 2.45) is 7.05 Å². The predicted molar refractivity (Wildman–Crippen MR) is 107 cm³/mol. The van der Waals surface area contributed by atoms with Crippen LogP contribution in [0.25, 0.3) is 10.9 Å². The number of piperazine rings is 1. The van der Waals surface area contributed by atoms with E-state index in [1.165, 1.54) is 4.57 Å². The largest absolute Gasteiger partial charge is 0.477 e. The van der Waals surface area contributed by atoms with Crippen LogP contribution in [-0.2, 0) is 13.6 Å². The third-order valence-electron chi connectivity index (χ3n) is 5.61. The SMILES string of the molecule is Cn1cnc2cc(N3CCN(C(=O)c4cnn5c4OCCC5)CC3)ccc2c1=O. The monoisotopic (exact) mass is 394 g/mol. The molecule has 150 valence electrons. The molecule has 0 aliphatic carbocycles. The van der Waals surface area contributed by atoms with E-state index in [4.69, 9.17) is 4.74 Å². The quantitative estimate of drug-likeness (QED) is 0.641. The Morgan fingerprint density at radius 2 is 1.97 bits per heavy atom. The van der Waals surface area contributed by atoms with E-state index in [1.54, 1.807) is 24.3 Å². The summed E-state index contributed by atoms with van der Waals surface area (Å²) in [5, 5.41) is 4.89. The number of aryl methyl sites for hydroxylation is 2. The Morgan fingerprint density at radius 3 is 2.79 bits per heavy atom. The Balaban J connectivity index is 1.31. The van der Waals surface area contributed by atoms with Crippen LogP contribution in [0.1, 0.15) is 16.8 Å². The highest BCUT2D eigenvalue weighted by Gasteiger charge is 2.28. The number of benzene rings is 1. The van der Waals surface area contributed by atoms with E-state index in [9.17, 15) is 9.59 Å². The zero-order chi connectivity index (χ0) is 20.0. The predicted octanol–water partition coefficient (Wildman–Crippen LogP) is 0.875. The van der Waals surface area contributed by atoms with Crippen molar-refractivity contribution in [3.63, 3.8) is 0 Å². The molecule has 0 radical (unpaired) electrons. The number of hydrogen-bond donors (Lipinski definition) is 0. The van der Waals surface area contributed by atoms with E-state index in [0.717, 1.165) is 18.7 Å².